The summed E-state index contributed by atoms with van der Waals surface area (Å²) in [6, 6.07) is 0. The van der Waals surface area contributed by atoms with Crippen LogP contribution in [0.25, 0.3) is 0 Å². The summed E-state index contributed by atoms with van der Waals surface area (Å²) >= 11 is 0. The average Bonchev–Trinajstić information content (AvgIpc) is 3.47. The highest BCUT2D eigenvalue weighted by Gasteiger charge is 2.19. The molecule has 0 radical (unpaired) electrons. The zero-order chi connectivity index (χ0) is 58.5. The Hall–Kier alpha value is -3.41. The number of hydrogen-bond acceptors (Lipinski definition) is 6. The van der Waals surface area contributed by atoms with Crippen molar-refractivity contribution in [2.24, 2.45) is 0 Å². The maximum absolute atomic E-state index is 12.9. The number of hydrogen-bond donors (Lipinski definition) is 0. The van der Waals surface area contributed by atoms with Crippen molar-refractivity contribution in [2.75, 3.05) is 13.2 Å². The highest BCUT2D eigenvalue weighted by atomic mass is 16.6. The van der Waals surface area contributed by atoms with Crippen LogP contribution in [0.4, 0.5) is 0 Å². The number of allylic oxidation sites excluding steroid dienone is 14. The van der Waals surface area contributed by atoms with Gasteiger partial charge in [0.2, 0.25) is 0 Å². The molecule has 6 nitrogen and oxygen atoms in total. The minimum atomic E-state index is -0.777. The second-order valence-corrected chi connectivity index (χ2v) is 23.4. The van der Waals surface area contributed by atoms with Gasteiger partial charge in [-0.05, 0) is 96.3 Å². The topological polar surface area (TPSA) is 78.9 Å². The molecule has 0 rings (SSSR count). The van der Waals surface area contributed by atoms with E-state index in [-0.39, 0.29) is 31.1 Å². The second kappa shape index (κ2) is 69.1. The van der Waals surface area contributed by atoms with Crippen LogP contribution in [0.1, 0.15) is 355 Å². The molecule has 0 amide bonds. The fourth-order valence-corrected chi connectivity index (χ4v) is 10.2. The number of rotatable bonds is 64. The van der Waals surface area contributed by atoms with Crippen LogP contribution in [0.15, 0.2) is 85.1 Å². The Morgan fingerprint density at radius 1 is 0.259 bits per heavy atom. The minimum Gasteiger partial charge on any atom is -0.462 e. The fourth-order valence-electron chi connectivity index (χ4n) is 10.2. The normalized spacial score (nSPS) is 12.6. The third-order valence-electron chi connectivity index (χ3n) is 15.4. The summed E-state index contributed by atoms with van der Waals surface area (Å²) in [7, 11) is 0. The number of carbonyl (C=O) groups is 3. The van der Waals surface area contributed by atoms with Crippen molar-refractivity contribution < 1.29 is 28.6 Å². The Balaban J connectivity index is 4.12. The molecule has 0 saturated heterocycles. The summed E-state index contributed by atoms with van der Waals surface area (Å²) in [6.45, 7) is 6.55. The van der Waals surface area contributed by atoms with Gasteiger partial charge in [-0.2, -0.15) is 0 Å². The van der Waals surface area contributed by atoms with E-state index in [9.17, 15) is 14.4 Å². The Labute approximate surface area is 503 Å². The zero-order valence-electron chi connectivity index (χ0n) is 53.8. The van der Waals surface area contributed by atoms with Crippen LogP contribution in [-0.2, 0) is 28.6 Å². The van der Waals surface area contributed by atoms with E-state index in [1.54, 1.807) is 0 Å². The molecule has 0 aromatic carbocycles. The van der Waals surface area contributed by atoms with Gasteiger partial charge >= 0.3 is 17.9 Å². The Bertz CT molecular complexity index is 1530. The summed E-state index contributed by atoms with van der Waals surface area (Å²) in [6.07, 6.45) is 91.9. The van der Waals surface area contributed by atoms with Crippen LogP contribution in [0, 0.1) is 0 Å². The summed E-state index contributed by atoms with van der Waals surface area (Å²) in [5, 5.41) is 0. The summed E-state index contributed by atoms with van der Waals surface area (Å²) in [4.78, 5) is 38.3. The van der Waals surface area contributed by atoms with Gasteiger partial charge in [0.15, 0.2) is 6.10 Å². The van der Waals surface area contributed by atoms with Gasteiger partial charge in [0.25, 0.3) is 0 Å². The SMILES string of the molecule is CC/C=C\C/C=C\C/C=C\C/C=C\C/C=C\C/C=C\CCCCCCCCCCCCCCCCCCC(=O)OCC(COC(=O)CCCCCCCCCCCCCCCC)OC(=O)CCCCCCC/C=C\CCCCCCC. The second-order valence-electron chi connectivity index (χ2n) is 23.4. The predicted octanol–water partition coefficient (Wildman–Crippen LogP) is 24.2. The van der Waals surface area contributed by atoms with E-state index in [0.29, 0.717) is 19.3 Å². The summed E-state index contributed by atoms with van der Waals surface area (Å²) in [5.41, 5.74) is 0. The fraction of sp³-hybridized carbons (Fsp3) is 0.773. The molecular weight excluding hydrogens is 997 g/mol. The predicted molar refractivity (Wildman–Crippen MR) is 353 cm³/mol. The van der Waals surface area contributed by atoms with E-state index >= 15 is 0 Å². The van der Waals surface area contributed by atoms with Gasteiger partial charge in [-0.3, -0.25) is 14.4 Å². The average molecular weight is 1130 g/mol. The van der Waals surface area contributed by atoms with Crippen LogP contribution >= 0.6 is 0 Å². The number of esters is 3. The smallest absolute Gasteiger partial charge is 0.306 e. The Morgan fingerprint density at radius 3 is 0.765 bits per heavy atom. The highest BCUT2D eigenvalue weighted by molar-refractivity contribution is 5.71. The number of ether oxygens (including phenoxy) is 3. The molecule has 0 bridgehead atoms. The van der Waals surface area contributed by atoms with Crippen molar-refractivity contribution in [1.29, 1.82) is 0 Å². The highest BCUT2D eigenvalue weighted by Crippen LogP contribution is 2.18. The van der Waals surface area contributed by atoms with E-state index in [2.05, 4.69) is 106 Å². The first-order valence-electron chi connectivity index (χ1n) is 35.1. The molecule has 0 aromatic rings. The van der Waals surface area contributed by atoms with Crippen molar-refractivity contribution in [3.8, 4) is 0 Å². The maximum atomic E-state index is 12.9. The standard InChI is InChI=1S/C75H132O6/c1-4-7-10-13-16-19-22-25-28-29-30-31-32-33-34-35-36-37-38-39-40-41-42-43-44-45-46-47-48-51-53-56-59-62-65-68-74(77)80-71-72(81-75(78)69-66-63-60-57-54-50-27-24-21-18-15-12-9-6-3)70-79-73(76)67-64-61-58-55-52-49-26-23-20-17-14-11-8-5-2/h7,10,16,19,24-25,27-28,30-31,33-34,36-37,72H,4-6,8-9,11-15,17-18,20-23,26,29,32,35,38-71H2,1-3H3/b10-7-,19-16-,27-24-,28-25-,31-30-,34-33-,37-36-. The summed E-state index contributed by atoms with van der Waals surface area (Å²) in [5.74, 6) is -0.862. The van der Waals surface area contributed by atoms with Crippen molar-refractivity contribution in [3.05, 3.63) is 85.1 Å². The van der Waals surface area contributed by atoms with Crippen molar-refractivity contribution >= 4 is 17.9 Å². The minimum absolute atomic E-state index is 0.0734. The van der Waals surface area contributed by atoms with E-state index in [1.165, 1.54) is 212 Å². The third kappa shape index (κ3) is 67.3. The van der Waals surface area contributed by atoms with E-state index in [4.69, 9.17) is 14.2 Å². The molecule has 0 aliphatic heterocycles. The molecule has 0 N–H and O–H groups in total. The Kier molecular flexibility index (Phi) is 66.2. The van der Waals surface area contributed by atoms with Crippen LogP contribution < -0.4 is 0 Å². The molecule has 0 spiro atoms. The van der Waals surface area contributed by atoms with Gasteiger partial charge in [-0.15, -0.1) is 0 Å². The first-order valence-corrected chi connectivity index (χ1v) is 35.1. The van der Waals surface area contributed by atoms with Gasteiger partial charge in [0.1, 0.15) is 13.2 Å². The lowest BCUT2D eigenvalue weighted by Crippen LogP contribution is -2.30. The lowest BCUT2D eigenvalue weighted by Gasteiger charge is -2.18. The van der Waals surface area contributed by atoms with Crippen LogP contribution in [0.5, 0.6) is 0 Å². The largest absolute Gasteiger partial charge is 0.462 e. The molecule has 0 aromatic heterocycles. The molecule has 0 heterocycles. The van der Waals surface area contributed by atoms with Gasteiger partial charge in [0, 0.05) is 19.3 Å². The lowest BCUT2D eigenvalue weighted by molar-refractivity contribution is -0.167. The molecule has 1 atom stereocenters. The summed E-state index contributed by atoms with van der Waals surface area (Å²) < 4.78 is 16.9. The van der Waals surface area contributed by atoms with Gasteiger partial charge in [0.05, 0.1) is 0 Å². The van der Waals surface area contributed by atoms with Gasteiger partial charge in [-0.25, -0.2) is 0 Å². The van der Waals surface area contributed by atoms with Gasteiger partial charge < -0.3 is 14.2 Å². The number of carbonyl (C=O) groups excluding carboxylic acids is 3. The first-order chi connectivity index (χ1) is 40.0. The zero-order valence-corrected chi connectivity index (χ0v) is 53.8. The van der Waals surface area contributed by atoms with Crippen molar-refractivity contribution in [1.82, 2.24) is 0 Å². The quantitative estimate of drug-likeness (QED) is 0.0261. The monoisotopic (exact) mass is 1130 g/mol. The third-order valence-corrected chi connectivity index (χ3v) is 15.4. The van der Waals surface area contributed by atoms with Crippen LogP contribution in [0.2, 0.25) is 0 Å². The van der Waals surface area contributed by atoms with E-state index in [0.717, 1.165) is 103 Å². The maximum Gasteiger partial charge on any atom is 0.306 e. The molecule has 6 heteroatoms. The van der Waals surface area contributed by atoms with E-state index < -0.39 is 6.10 Å². The first kappa shape index (κ1) is 77.6. The molecule has 0 fully saturated rings. The lowest BCUT2D eigenvalue weighted by atomic mass is 10.0. The molecular formula is C75H132O6. The van der Waals surface area contributed by atoms with Crippen LogP contribution in [-0.4, -0.2) is 37.2 Å². The molecule has 468 valence electrons. The van der Waals surface area contributed by atoms with Crippen LogP contribution in [0.3, 0.4) is 0 Å². The molecule has 0 aliphatic carbocycles. The van der Waals surface area contributed by atoms with Crippen molar-refractivity contribution in [2.45, 2.75) is 361 Å². The molecule has 0 saturated carbocycles. The molecule has 1 unspecified atom stereocenters. The number of unbranched alkanes of at least 4 members (excludes halogenated alkanes) is 39. The molecule has 0 aliphatic rings. The Morgan fingerprint density at radius 2 is 0.481 bits per heavy atom. The van der Waals surface area contributed by atoms with Gasteiger partial charge in [-0.1, -0.05) is 324 Å². The van der Waals surface area contributed by atoms with Crippen molar-refractivity contribution in [3.63, 3.8) is 0 Å². The molecule has 81 heavy (non-hydrogen) atoms. The van der Waals surface area contributed by atoms with E-state index in [1.807, 2.05) is 0 Å².